The number of carbonyl (C=O) groups excluding carboxylic acids is 3. The molecule has 2 aromatic rings. The van der Waals surface area contributed by atoms with Crippen molar-refractivity contribution in [2.45, 2.75) is 30.9 Å². The maximum absolute atomic E-state index is 13.0. The molecule has 0 aliphatic carbocycles. The number of carboxylic acid groups (broad SMARTS) is 1. The van der Waals surface area contributed by atoms with E-state index in [1.54, 1.807) is 23.1 Å². The van der Waals surface area contributed by atoms with E-state index in [-0.39, 0.29) is 11.6 Å². The molecule has 4 heterocycles. The molecule has 9 nitrogen and oxygen atoms in total. The van der Waals surface area contributed by atoms with Gasteiger partial charge in [0.25, 0.3) is 0 Å². The smallest absolute Gasteiger partial charge is 0.250 e. The summed E-state index contributed by atoms with van der Waals surface area (Å²) in [7, 11) is 0. The van der Waals surface area contributed by atoms with E-state index in [1.165, 1.54) is 16.7 Å². The largest absolute Gasteiger partial charge is 0.543 e. The minimum absolute atomic E-state index is 0.145. The Kier molecular flexibility index (Phi) is 6.35. The van der Waals surface area contributed by atoms with E-state index in [4.69, 9.17) is 11.0 Å². The number of carbonyl (C=O) groups is 3. The number of nitrogens with two attached hydrogens (primary N) is 1. The molecule has 5 rings (SSSR count). The van der Waals surface area contributed by atoms with Crippen LogP contribution in [0.1, 0.15) is 23.1 Å². The zero-order chi connectivity index (χ0) is 25.4. The first-order valence-electron chi connectivity index (χ1n) is 11.5. The summed E-state index contributed by atoms with van der Waals surface area (Å²) in [5.41, 5.74) is 9.21. The van der Waals surface area contributed by atoms with Crippen LogP contribution >= 0.6 is 11.8 Å². The summed E-state index contributed by atoms with van der Waals surface area (Å²) >= 11 is 1.39. The number of carboxylic acids is 1. The first-order valence-corrected chi connectivity index (χ1v) is 12.5. The van der Waals surface area contributed by atoms with Gasteiger partial charge in [0, 0.05) is 42.1 Å². The summed E-state index contributed by atoms with van der Waals surface area (Å²) < 4.78 is 2.02. The molecule has 182 valence electrons. The lowest BCUT2D eigenvalue weighted by Crippen LogP contribution is -2.69. The lowest BCUT2D eigenvalue weighted by atomic mass is 10.0. The van der Waals surface area contributed by atoms with E-state index < -0.39 is 23.3 Å². The van der Waals surface area contributed by atoms with Gasteiger partial charge in [-0.15, -0.1) is 11.8 Å². The van der Waals surface area contributed by atoms with Crippen LogP contribution in [-0.2, 0) is 27.5 Å². The van der Waals surface area contributed by atoms with Crippen LogP contribution in [0.25, 0.3) is 0 Å². The second-order valence-electron chi connectivity index (χ2n) is 8.93. The molecule has 10 heteroatoms. The van der Waals surface area contributed by atoms with E-state index in [2.05, 4.69) is 6.07 Å². The fourth-order valence-electron chi connectivity index (χ4n) is 4.62. The maximum atomic E-state index is 13.0. The number of thioether (sulfide) groups is 1. The maximum Gasteiger partial charge on any atom is 0.250 e. The number of amides is 2. The van der Waals surface area contributed by atoms with Crippen molar-refractivity contribution in [1.82, 2.24) is 9.80 Å². The first kappa shape index (κ1) is 23.8. The topological polar surface area (TPSA) is 134 Å². The number of hydrogen-bond donors (Lipinski definition) is 1. The van der Waals surface area contributed by atoms with E-state index in [1.807, 2.05) is 41.2 Å². The molecular weight excluding hydrogens is 478 g/mol. The van der Waals surface area contributed by atoms with E-state index in [9.17, 15) is 19.5 Å². The van der Waals surface area contributed by atoms with Gasteiger partial charge in [0.15, 0.2) is 18.9 Å². The van der Waals surface area contributed by atoms with Crippen LogP contribution in [0, 0.1) is 11.3 Å². The molecule has 1 aromatic heterocycles. The van der Waals surface area contributed by atoms with Crippen LogP contribution in [-0.4, -0.2) is 51.3 Å². The highest BCUT2D eigenvalue weighted by Crippen LogP contribution is 2.40. The lowest BCUT2D eigenvalue weighted by Gasteiger charge is -2.49. The third kappa shape index (κ3) is 4.39. The van der Waals surface area contributed by atoms with Crippen molar-refractivity contribution in [3.63, 3.8) is 0 Å². The summed E-state index contributed by atoms with van der Waals surface area (Å²) in [5.74, 6) is -1.68. The molecule has 3 aliphatic rings. The molecule has 1 aromatic carbocycles. The number of nitrogens with zero attached hydrogens (tertiary/aromatic N) is 4. The molecule has 0 saturated carbocycles. The van der Waals surface area contributed by atoms with Gasteiger partial charge < -0.3 is 20.5 Å². The van der Waals surface area contributed by atoms with Crippen LogP contribution in [0.2, 0.25) is 0 Å². The summed E-state index contributed by atoms with van der Waals surface area (Å²) in [4.78, 5) is 39.8. The third-order valence-corrected chi connectivity index (χ3v) is 7.90. The van der Waals surface area contributed by atoms with Crippen molar-refractivity contribution in [2.75, 3.05) is 12.3 Å². The van der Waals surface area contributed by atoms with Gasteiger partial charge in [-0.1, -0.05) is 12.1 Å². The van der Waals surface area contributed by atoms with E-state index in [0.29, 0.717) is 48.5 Å². The average molecular weight is 502 g/mol. The quantitative estimate of drug-likeness (QED) is 0.329. The molecule has 2 saturated heterocycles. The third-order valence-electron chi connectivity index (χ3n) is 6.58. The predicted octanol–water partition coefficient (Wildman–Crippen LogP) is -0.201. The molecule has 2 amide bonds. The predicted molar refractivity (Wildman–Crippen MR) is 128 cm³/mol. The van der Waals surface area contributed by atoms with Crippen LogP contribution in [0.4, 0.5) is 0 Å². The Hall–Kier alpha value is -3.94. The molecular formula is C26H23N5O4S. The second kappa shape index (κ2) is 9.60. The number of pyridine rings is 1. The Morgan fingerprint density at radius 1 is 1.19 bits per heavy atom. The van der Waals surface area contributed by atoms with Crippen molar-refractivity contribution in [3.8, 4) is 6.07 Å². The van der Waals surface area contributed by atoms with Crippen molar-refractivity contribution < 1.29 is 24.1 Å². The summed E-state index contributed by atoms with van der Waals surface area (Å²) in [6.45, 7) is 1.64. The number of nitriles is 1. The fraction of sp³-hybridized carbons (Fsp3) is 0.269. The highest BCUT2D eigenvalue weighted by molar-refractivity contribution is 8.00. The second-order valence-corrected chi connectivity index (χ2v) is 10.0. The highest BCUT2D eigenvalue weighted by atomic mass is 32.2. The molecule has 0 bridgehead atoms. The standard InChI is InChI=1S/C26H23N5O4S/c27-12-16-1-3-17(4-2-16)13-29-8-5-18(6-9-29)14-30-10-7-19(23(30)32)11-20-15-36-25-21(28)24(33)31(25)22(20)26(34)35/h1-6,8-9,11,21,25H,7,10,13-15,28H2/b19-11+/t21-,25-/m1/s1. The summed E-state index contributed by atoms with van der Waals surface area (Å²) in [6.07, 6.45) is 6.00. The van der Waals surface area contributed by atoms with Crippen LogP contribution in [0.5, 0.6) is 0 Å². The van der Waals surface area contributed by atoms with Gasteiger partial charge in [-0.05, 0) is 35.8 Å². The molecule has 2 atom stereocenters. The van der Waals surface area contributed by atoms with Gasteiger partial charge in [-0.25, -0.2) is 4.57 Å². The minimum atomic E-state index is -1.44. The Morgan fingerprint density at radius 3 is 2.58 bits per heavy atom. The molecule has 0 radical (unpaired) electrons. The van der Waals surface area contributed by atoms with Crippen LogP contribution in [0.3, 0.4) is 0 Å². The van der Waals surface area contributed by atoms with Crippen molar-refractivity contribution >= 4 is 29.5 Å². The zero-order valence-corrected chi connectivity index (χ0v) is 20.1. The minimum Gasteiger partial charge on any atom is -0.543 e. The number of aromatic nitrogens is 1. The first-order chi connectivity index (χ1) is 17.4. The van der Waals surface area contributed by atoms with E-state index >= 15 is 0 Å². The van der Waals surface area contributed by atoms with Crippen LogP contribution < -0.4 is 15.4 Å². The summed E-state index contributed by atoms with van der Waals surface area (Å²) in [5, 5.41) is 20.3. The van der Waals surface area contributed by atoms with Crippen molar-refractivity contribution in [3.05, 3.63) is 88.4 Å². The SMILES string of the molecule is N#Cc1ccc(C[n+]2ccc(CN3CC/C(=C\C4=C(C(=O)[O-])N5C(=O)[C@@H](N)[C@H]5SC4)C3=O)cc2)cc1. The molecule has 3 aliphatic heterocycles. The number of β-lactam (4-membered cyclic amide) rings is 1. The highest BCUT2D eigenvalue weighted by Gasteiger charge is 2.50. The summed E-state index contributed by atoms with van der Waals surface area (Å²) in [6, 6.07) is 12.8. The number of benzene rings is 1. The van der Waals surface area contributed by atoms with Crippen LogP contribution in [0.15, 0.2) is 71.7 Å². The Labute approximate surface area is 212 Å². The Morgan fingerprint density at radius 2 is 1.92 bits per heavy atom. The Bertz CT molecular complexity index is 1340. The van der Waals surface area contributed by atoms with Gasteiger partial charge in [0.05, 0.1) is 23.3 Å². The van der Waals surface area contributed by atoms with Crippen molar-refractivity contribution in [2.24, 2.45) is 5.73 Å². The Balaban J connectivity index is 1.26. The number of fused-ring (bicyclic) bond motifs is 1. The molecule has 2 fully saturated rings. The molecule has 36 heavy (non-hydrogen) atoms. The monoisotopic (exact) mass is 501 g/mol. The fourth-order valence-corrected chi connectivity index (χ4v) is 5.87. The average Bonchev–Trinajstić information content (AvgIpc) is 3.23. The van der Waals surface area contributed by atoms with Gasteiger partial charge in [-0.3, -0.25) is 14.5 Å². The number of hydrogen-bond acceptors (Lipinski definition) is 7. The lowest BCUT2D eigenvalue weighted by molar-refractivity contribution is -0.688. The number of aliphatic carboxylic acids is 1. The van der Waals surface area contributed by atoms with Gasteiger partial charge in [0.2, 0.25) is 11.8 Å². The number of likely N-dealkylation sites (tertiary alicyclic amines) is 1. The molecule has 2 N–H and O–H groups in total. The van der Waals surface area contributed by atoms with Gasteiger partial charge in [0.1, 0.15) is 11.4 Å². The number of allylic oxidation sites excluding steroid dienone is 1. The molecule has 0 spiro atoms. The molecule has 0 unspecified atom stereocenters. The normalized spacial score (nSPS) is 22.5. The van der Waals surface area contributed by atoms with E-state index in [0.717, 1.165) is 11.1 Å². The van der Waals surface area contributed by atoms with Crippen molar-refractivity contribution in [1.29, 1.82) is 5.26 Å². The zero-order valence-electron chi connectivity index (χ0n) is 19.3. The van der Waals surface area contributed by atoms with Gasteiger partial charge >= 0.3 is 0 Å². The van der Waals surface area contributed by atoms with Gasteiger partial charge in [-0.2, -0.15) is 5.26 Å². The number of rotatable bonds is 6.